The predicted octanol–water partition coefficient (Wildman–Crippen LogP) is 1.79. The van der Waals surface area contributed by atoms with Gasteiger partial charge in [-0.05, 0) is 25.3 Å². The summed E-state index contributed by atoms with van der Waals surface area (Å²) in [6, 6.07) is 0. The number of carbonyl (C=O) groups excluding carboxylic acids is 2. The second-order valence-electron chi connectivity index (χ2n) is 6.36. The Kier molecular flexibility index (Phi) is 3.56. The maximum atomic E-state index is 12.6. The second kappa shape index (κ2) is 5.13. The van der Waals surface area contributed by atoms with Gasteiger partial charge >= 0.3 is 0 Å². The summed E-state index contributed by atoms with van der Waals surface area (Å²) < 4.78 is 11.3. The van der Waals surface area contributed by atoms with Crippen LogP contribution in [-0.4, -0.2) is 36.7 Å². The molecule has 5 heteroatoms. The minimum atomic E-state index is -0.270. The van der Waals surface area contributed by atoms with E-state index in [2.05, 4.69) is 13.8 Å². The van der Waals surface area contributed by atoms with Gasteiger partial charge in [0, 0.05) is 25.5 Å². The van der Waals surface area contributed by atoms with Crippen molar-refractivity contribution in [1.29, 1.82) is 0 Å². The smallest absolute Gasteiger partial charge is 0.233 e. The van der Waals surface area contributed by atoms with E-state index in [1.165, 1.54) is 4.90 Å². The quantitative estimate of drug-likeness (QED) is 0.728. The molecule has 0 aromatic rings. The highest BCUT2D eigenvalue weighted by Gasteiger charge is 2.56. The zero-order valence-electron chi connectivity index (χ0n) is 13.0. The van der Waals surface area contributed by atoms with Crippen LogP contribution in [0.25, 0.3) is 0 Å². The lowest BCUT2D eigenvalue weighted by atomic mass is 9.66. The number of likely N-dealkylation sites (tertiary alicyclic amines) is 1. The maximum absolute atomic E-state index is 12.6. The number of ether oxygens (including phenoxy) is 2. The number of carbonyl (C=O) groups is 2. The molecule has 0 spiro atoms. The molecule has 6 atom stereocenters. The molecule has 0 N–H and O–H groups in total. The van der Waals surface area contributed by atoms with Crippen LogP contribution in [-0.2, 0) is 19.1 Å². The largest absolute Gasteiger partial charge is 0.469 e. The summed E-state index contributed by atoms with van der Waals surface area (Å²) in [5, 5.41) is 0. The molecule has 6 unspecified atom stereocenters. The topological polar surface area (TPSA) is 55.8 Å². The van der Waals surface area contributed by atoms with Crippen molar-refractivity contribution in [3.63, 3.8) is 0 Å². The number of rotatable bonds is 2. The van der Waals surface area contributed by atoms with Crippen LogP contribution in [0.15, 0.2) is 11.8 Å². The van der Waals surface area contributed by atoms with Gasteiger partial charge in [-0.2, -0.15) is 0 Å². The molecule has 0 aromatic carbocycles. The van der Waals surface area contributed by atoms with Crippen molar-refractivity contribution in [3.05, 3.63) is 11.8 Å². The molecule has 0 bridgehead atoms. The van der Waals surface area contributed by atoms with E-state index in [1.807, 2.05) is 13.0 Å². The first kappa shape index (κ1) is 14.6. The molecule has 2 saturated heterocycles. The molecular formula is C16H23NO4. The number of methoxy groups -OCH3 is 1. The molecule has 3 rings (SSSR count). The highest BCUT2D eigenvalue weighted by Crippen LogP contribution is 2.50. The minimum Gasteiger partial charge on any atom is -0.469 e. The standard InChI is InChI=1S/C16H23NO4/c1-5-17-14(18)10-6-7-11-12(13(10)15(17)19)8(2)9(3)16(20-4)21-11/h7-10,12-13,16H,5-6H2,1-4H3. The Morgan fingerprint density at radius 3 is 2.57 bits per heavy atom. The Bertz CT molecular complexity index is 501. The molecule has 3 aliphatic rings. The number of allylic oxidation sites excluding steroid dienone is 2. The van der Waals surface area contributed by atoms with E-state index in [9.17, 15) is 9.59 Å². The van der Waals surface area contributed by atoms with E-state index in [-0.39, 0.29) is 47.7 Å². The SMILES string of the molecule is CCN1C(=O)C2CC=C3OC(OC)C(C)C(C)C3C2C1=O. The van der Waals surface area contributed by atoms with Gasteiger partial charge in [0.1, 0.15) is 0 Å². The van der Waals surface area contributed by atoms with Gasteiger partial charge in [0.15, 0.2) is 0 Å². The zero-order valence-corrected chi connectivity index (χ0v) is 13.0. The Balaban J connectivity index is 1.96. The number of imide groups is 1. The zero-order chi connectivity index (χ0) is 15.3. The third kappa shape index (κ3) is 1.94. The van der Waals surface area contributed by atoms with Crippen molar-refractivity contribution >= 4 is 11.8 Å². The molecule has 116 valence electrons. The van der Waals surface area contributed by atoms with Crippen molar-refractivity contribution in [2.75, 3.05) is 13.7 Å². The lowest BCUT2D eigenvalue weighted by Crippen LogP contribution is -2.46. The van der Waals surface area contributed by atoms with Crippen LogP contribution >= 0.6 is 0 Å². The van der Waals surface area contributed by atoms with E-state index < -0.39 is 0 Å². The van der Waals surface area contributed by atoms with Crippen LogP contribution in [0.3, 0.4) is 0 Å². The molecular weight excluding hydrogens is 270 g/mol. The van der Waals surface area contributed by atoms with E-state index >= 15 is 0 Å². The first-order chi connectivity index (χ1) is 10.0. The molecule has 0 aromatic heterocycles. The second-order valence-corrected chi connectivity index (χ2v) is 6.36. The number of nitrogens with zero attached hydrogens (tertiary/aromatic N) is 1. The summed E-state index contributed by atoms with van der Waals surface area (Å²) in [5.41, 5.74) is 0. The maximum Gasteiger partial charge on any atom is 0.233 e. The van der Waals surface area contributed by atoms with Gasteiger partial charge in [0.2, 0.25) is 18.1 Å². The molecule has 2 amide bonds. The van der Waals surface area contributed by atoms with Gasteiger partial charge in [-0.25, -0.2) is 0 Å². The minimum absolute atomic E-state index is 0.00171. The average molecular weight is 293 g/mol. The monoisotopic (exact) mass is 293 g/mol. The van der Waals surface area contributed by atoms with Crippen LogP contribution in [0, 0.1) is 29.6 Å². The van der Waals surface area contributed by atoms with Crippen LogP contribution in [0.4, 0.5) is 0 Å². The number of hydrogen-bond acceptors (Lipinski definition) is 4. The summed E-state index contributed by atoms with van der Waals surface area (Å²) >= 11 is 0. The summed E-state index contributed by atoms with van der Waals surface area (Å²) in [6.07, 6.45) is 2.31. The average Bonchev–Trinajstić information content (AvgIpc) is 2.73. The fraction of sp³-hybridized carbons (Fsp3) is 0.750. The van der Waals surface area contributed by atoms with Crippen molar-refractivity contribution in [1.82, 2.24) is 4.90 Å². The molecule has 0 saturated carbocycles. The van der Waals surface area contributed by atoms with Crippen LogP contribution in [0.2, 0.25) is 0 Å². The van der Waals surface area contributed by atoms with Gasteiger partial charge in [0.25, 0.3) is 0 Å². The summed E-state index contributed by atoms with van der Waals surface area (Å²) in [7, 11) is 1.64. The van der Waals surface area contributed by atoms with Crippen molar-refractivity contribution in [2.45, 2.75) is 33.5 Å². The van der Waals surface area contributed by atoms with Crippen molar-refractivity contribution in [3.8, 4) is 0 Å². The van der Waals surface area contributed by atoms with Gasteiger partial charge in [0.05, 0.1) is 17.6 Å². The number of fused-ring (bicyclic) bond motifs is 3. The molecule has 2 aliphatic heterocycles. The lowest BCUT2D eigenvalue weighted by molar-refractivity contribution is -0.184. The third-order valence-corrected chi connectivity index (χ3v) is 5.48. The Hall–Kier alpha value is -1.36. The van der Waals surface area contributed by atoms with Gasteiger partial charge in [-0.15, -0.1) is 0 Å². The predicted molar refractivity (Wildman–Crippen MR) is 75.8 cm³/mol. The fourth-order valence-electron chi connectivity index (χ4n) is 4.13. The van der Waals surface area contributed by atoms with Gasteiger partial charge in [-0.1, -0.05) is 13.8 Å². The molecule has 5 nitrogen and oxygen atoms in total. The third-order valence-electron chi connectivity index (χ3n) is 5.48. The van der Waals surface area contributed by atoms with E-state index in [4.69, 9.17) is 9.47 Å². The highest BCUT2D eigenvalue weighted by atomic mass is 16.7. The molecule has 2 fully saturated rings. The van der Waals surface area contributed by atoms with Crippen LogP contribution in [0.1, 0.15) is 27.2 Å². The molecule has 2 heterocycles. The molecule has 0 radical (unpaired) electrons. The van der Waals surface area contributed by atoms with Crippen LogP contribution in [0.5, 0.6) is 0 Å². The van der Waals surface area contributed by atoms with Crippen molar-refractivity contribution < 1.29 is 19.1 Å². The first-order valence-corrected chi connectivity index (χ1v) is 7.76. The summed E-state index contributed by atoms with van der Waals surface area (Å²) in [4.78, 5) is 26.4. The molecule has 1 aliphatic carbocycles. The van der Waals surface area contributed by atoms with E-state index in [1.54, 1.807) is 7.11 Å². The van der Waals surface area contributed by atoms with Crippen LogP contribution < -0.4 is 0 Å². The van der Waals surface area contributed by atoms with Gasteiger partial charge < -0.3 is 9.47 Å². The fourth-order valence-corrected chi connectivity index (χ4v) is 4.13. The number of amides is 2. The Morgan fingerprint density at radius 2 is 1.95 bits per heavy atom. The van der Waals surface area contributed by atoms with E-state index in [0.29, 0.717) is 13.0 Å². The first-order valence-electron chi connectivity index (χ1n) is 7.76. The summed E-state index contributed by atoms with van der Waals surface area (Å²) in [5.74, 6) is 0.770. The molecule has 21 heavy (non-hydrogen) atoms. The lowest BCUT2D eigenvalue weighted by Gasteiger charge is -2.45. The van der Waals surface area contributed by atoms with Gasteiger partial charge in [-0.3, -0.25) is 14.5 Å². The Morgan fingerprint density at radius 1 is 1.24 bits per heavy atom. The Labute approximate surface area is 125 Å². The summed E-state index contributed by atoms with van der Waals surface area (Å²) in [6.45, 7) is 6.52. The van der Waals surface area contributed by atoms with E-state index in [0.717, 1.165) is 5.76 Å². The highest BCUT2D eigenvalue weighted by molar-refractivity contribution is 6.05. The normalized spacial score (nSPS) is 42.3. The number of hydrogen-bond donors (Lipinski definition) is 0. The van der Waals surface area contributed by atoms with Crippen molar-refractivity contribution in [2.24, 2.45) is 29.6 Å².